The molecule has 74 valence electrons. The Bertz CT molecular complexity index is 198. The zero-order valence-corrected chi connectivity index (χ0v) is 7.70. The summed E-state index contributed by atoms with van der Waals surface area (Å²) in [6.07, 6.45) is 2.74. The summed E-state index contributed by atoms with van der Waals surface area (Å²) in [6.45, 7) is 3.28. The van der Waals surface area contributed by atoms with Crippen LogP contribution < -0.4 is 5.32 Å². The molecule has 2 N–H and O–H groups in total. The van der Waals surface area contributed by atoms with Crippen molar-refractivity contribution >= 4 is 5.97 Å². The second kappa shape index (κ2) is 3.64. The first-order valence-corrected chi connectivity index (χ1v) is 4.92. The van der Waals surface area contributed by atoms with Crippen LogP contribution in [0.15, 0.2) is 0 Å². The van der Waals surface area contributed by atoms with Crippen molar-refractivity contribution in [2.45, 2.75) is 18.9 Å². The molecule has 1 saturated carbocycles. The van der Waals surface area contributed by atoms with Crippen molar-refractivity contribution in [3.63, 3.8) is 0 Å². The summed E-state index contributed by atoms with van der Waals surface area (Å²) in [5.41, 5.74) is 0. The summed E-state index contributed by atoms with van der Waals surface area (Å²) in [4.78, 5) is 12.7. The van der Waals surface area contributed by atoms with Gasteiger partial charge in [-0.15, -0.1) is 0 Å². The van der Waals surface area contributed by atoms with Crippen LogP contribution in [0.2, 0.25) is 0 Å². The van der Waals surface area contributed by atoms with Gasteiger partial charge in [-0.2, -0.15) is 0 Å². The van der Waals surface area contributed by atoms with Gasteiger partial charge in [-0.25, -0.2) is 0 Å². The number of hydrogen-bond acceptors (Lipinski definition) is 3. The Kier molecular flexibility index (Phi) is 2.51. The molecule has 1 heterocycles. The van der Waals surface area contributed by atoms with Gasteiger partial charge >= 0.3 is 5.97 Å². The molecule has 4 heteroatoms. The van der Waals surface area contributed by atoms with Gasteiger partial charge in [0.2, 0.25) is 0 Å². The highest BCUT2D eigenvalue weighted by Gasteiger charge is 2.37. The van der Waals surface area contributed by atoms with Crippen molar-refractivity contribution in [3.05, 3.63) is 0 Å². The van der Waals surface area contributed by atoms with E-state index < -0.39 is 5.97 Å². The fourth-order valence-corrected chi connectivity index (χ4v) is 1.86. The van der Waals surface area contributed by atoms with Crippen LogP contribution >= 0.6 is 0 Å². The summed E-state index contributed by atoms with van der Waals surface area (Å²) in [5.74, 6) is -0.0849. The van der Waals surface area contributed by atoms with E-state index in [0.717, 1.165) is 25.7 Å². The molecule has 4 nitrogen and oxygen atoms in total. The fraction of sp³-hybridized carbons (Fsp3) is 0.889. The summed E-state index contributed by atoms with van der Waals surface area (Å²) in [7, 11) is 0. The molecule has 0 spiro atoms. The molecule has 0 unspecified atom stereocenters. The second-order valence-electron chi connectivity index (χ2n) is 4.08. The molecule has 1 aliphatic heterocycles. The molecule has 1 saturated heterocycles. The first kappa shape index (κ1) is 8.97. The third kappa shape index (κ3) is 2.42. The number of nitrogens with one attached hydrogen (secondary N) is 1. The minimum absolute atomic E-state index is 0.0972. The van der Waals surface area contributed by atoms with Crippen LogP contribution in [-0.4, -0.2) is 48.2 Å². The van der Waals surface area contributed by atoms with Crippen LogP contribution in [0.4, 0.5) is 0 Å². The summed E-state index contributed by atoms with van der Waals surface area (Å²) in [5, 5.41) is 11.3. The quantitative estimate of drug-likeness (QED) is 0.619. The van der Waals surface area contributed by atoms with E-state index in [-0.39, 0.29) is 6.54 Å². The number of nitrogens with zero attached hydrogens (tertiary/aromatic N) is 1. The Morgan fingerprint density at radius 2 is 2.15 bits per heavy atom. The Labute approximate surface area is 77.9 Å². The van der Waals surface area contributed by atoms with E-state index in [1.54, 1.807) is 0 Å². The van der Waals surface area contributed by atoms with E-state index in [2.05, 4.69) is 10.2 Å². The van der Waals surface area contributed by atoms with Crippen molar-refractivity contribution in [1.82, 2.24) is 10.2 Å². The Morgan fingerprint density at radius 3 is 2.69 bits per heavy atom. The monoisotopic (exact) mass is 184 g/mol. The van der Waals surface area contributed by atoms with Gasteiger partial charge in [0, 0.05) is 25.7 Å². The van der Waals surface area contributed by atoms with Crippen molar-refractivity contribution in [3.8, 4) is 0 Å². The molecule has 0 radical (unpaired) electrons. The van der Waals surface area contributed by atoms with E-state index in [1.165, 1.54) is 12.8 Å². The number of carboxylic acid groups (broad SMARTS) is 1. The molecule has 2 rings (SSSR count). The average Bonchev–Trinajstić information content (AvgIpc) is 2.75. The highest BCUT2D eigenvalue weighted by atomic mass is 16.4. The van der Waals surface area contributed by atoms with Crippen LogP contribution in [-0.2, 0) is 4.79 Å². The highest BCUT2D eigenvalue weighted by molar-refractivity contribution is 5.68. The van der Waals surface area contributed by atoms with Gasteiger partial charge in [0.25, 0.3) is 0 Å². The van der Waals surface area contributed by atoms with Gasteiger partial charge in [0.05, 0.1) is 6.54 Å². The molecular weight excluding hydrogens is 168 g/mol. The van der Waals surface area contributed by atoms with E-state index in [9.17, 15) is 4.79 Å². The van der Waals surface area contributed by atoms with Gasteiger partial charge in [-0.3, -0.25) is 9.69 Å². The lowest BCUT2D eigenvalue weighted by atomic mass is 10.00. The van der Waals surface area contributed by atoms with Crippen LogP contribution in [0.3, 0.4) is 0 Å². The number of rotatable bonds is 5. The largest absolute Gasteiger partial charge is 0.480 e. The maximum Gasteiger partial charge on any atom is 0.317 e. The van der Waals surface area contributed by atoms with Gasteiger partial charge < -0.3 is 10.4 Å². The van der Waals surface area contributed by atoms with Crippen molar-refractivity contribution in [2.24, 2.45) is 5.92 Å². The van der Waals surface area contributed by atoms with Gasteiger partial charge in [-0.1, -0.05) is 0 Å². The lowest BCUT2D eigenvalue weighted by Gasteiger charge is -2.39. The minimum atomic E-state index is -0.765. The molecule has 2 aliphatic rings. The number of hydrogen-bond donors (Lipinski definition) is 2. The predicted molar refractivity (Wildman–Crippen MR) is 48.6 cm³/mol. The molecule has 0 bridgehead atoms. The minimum Gasteiger partial charge on any atom is -0.480 e. The normalized spacial score (nSPS) is 24.3. The van der Waals surface area contributed by atoms with Crippen molar-refractivity contribution in [2.75, 3.05) is 26.2 Å². The van der Waals surface area contributed by atoms with E-state index in [1.807, 2.05) is 0 Å². The standard InChI is InChI=1S/C9H16N2O2/c12-9(13)4-10-3-7-5-11(6-7)8-1-2-8/h7-8,10H,1-6H2,(H,12,13). The first-order valence-electron chi connectivity index (χ1n) is 4.92. The maximum atomic E-state index is 10.2. The van der Waals surface area contributed by atoms with Gasteiger partial charge in [0.1, 0.15) is 0 Å². The highest BCUT2D eigenvalue weighted by Crippen LogP contribution is 2.32. The Balaban J connectivity index is 1.51. The van der Waals surface area contributed by atoms with E-state index >= 15 is 0 Å². The van der Waals surface area contributed by atoms with Gasteiger partial charge in [-0.05, 0) is 18.8 Å². The molecule has 2 fully saturated rings. The number of carboxylic acids is 1. The third-order valence-corrected chi connectivity index (χ3v) is 2.76. The predicted octanol–water partition coefficient (Wildman–Crippen LogP) is -0.245. The maximum absolute atomic E-state index is 10.2. The molecule has 0 aromatic carbocycles. The van der Waals surface area contributed by atoms with Crippen molar-refractivity contribution in [1.29, 1.82) is 0 Å². The topological polar surface area (TPSA) is 52.6 Å². The summed E-state index contributed by atoms with van der Waals surface area (Å²) >= 11 is 0. The Morgan fingerprint density at radius 1 is 1.46 bits per heavy atom. The fourth-order valence-electron chi connectivity index (χ4n) is 1.86. The molecule has 0 aromatic rings. The summed E-state index contributed by atoms with van der Waals surface area (Å²) < 4.78 is 0. The zero-order valence-electron chi connectivity index (χ0n) is 7.70. The van der Waals surface area contributed by atoms with Crippen molar-refractivity contribution < 1.29 is 9.90 Å². The molecule has 13 heavy (non-hydrogen) atoms. The smallest absolute Gasteiger partial charge is 0.317 e. The average molecular weight is 184 g/mol. The second-order valence-corrected chi connectivity index (χ2v) is 4.08. The molecule has 0 aromatic heterocycles. The molecule has 1 aliphatic carbocycles. The van der Waals surface area contributed by atoms with E-state index in [0.29, 0.717) is 5.92 Å². The van der Waals surface area contributed by atoms with Crippen LogP contribution in [0.1, 0.15) is 12.8 Å². The zero-order chi connectivity index (χ0) is 9.26. The number of aliphatic carboxylic acids is 1. The SMILES string of the molecule is O=C(O)CNCC1CN(C2CC2)C1. The Hall–Kier alpha value is -0.610. The molecule has 0 atom stereocenters. The molecular formula is C9H16N2O2. The number of likely N-dealkylation sites (tertiary alicyclic amines) is 1. The molecule has 0 amide bonds. The lowest BCUT2D eigenvalue weighted by molar-refractivity contribution is -0.136. The lowest BCUT2D eigenvalue weighted by Crippen LogP contribution is -2.51. The number of carbonyl (C=O) groups is 1. The van der Waals surface area contributed by atoms with Crippen LogP contribution in [0.5, 0.6) is 0 Å². The van der Waals surface area contributed by atoms with Crippen LogP contribution in [0.25, 0.3) is 0 Å². The third-order valence-electron chi connectivity index (χ3n) is 2.76. The first-order chi connectivity index (χ1) is 6.25. The van der Waals surface area contributed by atoms with E-state index in [4.69, 9.17) is 5.11 Å². The van der Waals surface area contributed by atoms with Crippen LogP contribution in [0, 0.1) is 5.92 Å². The summed E-state index contributed by atoms with van der Waals surface area (Å²) in [6, 6.07) is 0.871. The van der Waals surface area contributed by atoms with Gasteiger partial charge in [0.15, 0.2) is 0 Å².